The minimum atomic E-state index is -1.96. The maximum atomic E-state index is 13.7. The Morgan fingerprint density at radius 1 is 0.750 bits per heavy atom. The molecule has 0 radical (unpaired) electrons. The Kier molecular flexibility index (Phi) is 10.2. The van der Waals surface area contributed by atoms with E-state index in [1.165, 1.54) is 48.5 Å². The zero-order valence-electron chi connectivity index (χ0n) is 30.8. The third kappa shape index (κ3) is 7.24. The van der Waals surface area contributed by atoms with Crippen LogP contribution in [0.2, 0.25) is 10.0 Å². The van der Waals surface area contributed by atoms with E-state index in [2.05, 4.69) is 10.6 Å². The molecule has 14 nitrogen and oxygen atoms in total. The number of aromatic carboxylic acids is 1. The van der Waals surface area contributed by atoms with Crippen LogP contribution in [0.1, 0.15) is 38.1 Å². The van der Waals surface area contributed by atoms with Crippen LogP contribution in [0.4, 0.5) is 5.69 Å². The minimum absolute atomic E-state index is 0.0747. The molecule has 0 spiro atoms. The Morgan fingerprint density at radius 3 is 2.17 bits per heavy atom. The van der Waals surface area contributed by atoms with Crippen LogP contribution in [0, 0.1) is 5.41 Å². The van der Waals surface area contributed by atoms with Gasteiger partial charge in [0, 0.05) is 80.7 Å². The lowest BCUT2D eigenvalue weighted by Gasteiger charge is -2.20. The predicted octanol–water partition coefficient (Wildman–Crippen LogP) is 6.88. The fourth-order valence-corrected chi connectivity index (χ4v) is 7.86. The van der Waals surface area contributed by atoms with Crippen LogP contribution in [0.5, 0.6) is 5.75 Å². The first kappa shape index (κ1) is 39.6. The molecule has 2 amide bonds. The first-order chi connectivity index (χ1) is 28.7. The van der Waals surface area contributed by atoms with Crippen molar-refractivity contribution >= 4 is 68.6 Å². The van der Waals surface area contributed by atoms with E-state index in [0.29, 0.717) is 44.3 Å². The molecule has 2 heterocycles. The molecule has 300 valence electrons. The molecule has 4 aromatic rings. The van der Waals surface area contributed by atoms with Crippen LogP contribution >= 0.6 is 23.2 Å². The summed E-state index contributed by atoms with van der Waals surface area (Å²) in [7, 11) is 0. The highest BCUT2D eigenvalue weighted by Gasteiger charge is 2.30. The molecule has 0 saturated carbocycles. The fraction of sp³-hybridized carbons (Fsp3) is 0.0682. The van der Waals surface area contributed by atoms with E-state index in [0.717, 1.165) is 6.07 Å². The number of hydrogen-bond acceptors (Lipinski definition) is 11. The van der Waals surface area contributed by atoms with Gasteiger partial charge in [-0.1, -0.05) is 35.3 Å². The number of carbonyl (C=O) groups excluding carboxylic acids is 2. The normalized spacial score (nSPS) is 11.5. The van der Waals surface area contributed by atoms with Crippen molar-refractivity contribution in [3.63, 3.8) is 0 Å². The summed E-state index contributed by atoms with van der Waals surface area (Å²) in [6.07, 6.45) is -1.96. The fourth-order valence-electron chi connectivity index (χ4n) is 7.24. The zero-order chi connectivity index (χ0) is 42.6. The van der Waals surface area contributed by atoms with Crippen LogP contribution in [0.15, 0.2) is 111 Å². The first-order valence-electron chi connectivity index (χ1n) is 18.0. The zero-order valence-corrected chi connectivity index (χ0v) is 32.3. The van der Waals surface area contributed by atoms with E-state index in [4.69, 9.17) is 43.2 Å². The van der Waals surface area contributed by atoms with Gasteiger partial charge in [-0.15, -0.1) is 0 Å². The third-order valence-electron chi connectivity index (χ3n) is 9.91. The number of carbonyl (C=O) groups is 3. The number of fused-ring (bicyclic) bond motifs is 4. The number of nitrogens with two attached hydrogens (primary N) is 1. The summed E-state index contributed by atoms with van der Waals surface area (Å²) in [5.74, 6) is -2.54. The minimum Gasteiger partial charge on any atom is -0.508 e. The topological polar surface area (TPSA) is 249 Å². The number of rotatable bonds is 9. The van der Waals surface area contributed by atoms with Gasteiger partial charge in [0.2, 0.25) is 5.91 Å². The number of phenolic OH excluding ortho intramolecular Hbond substituents is 1. The highest BCUT2D eigenvalue weighted by molar-refractivity contribution is 6.41. The summed E-state index contributed by atoms with van der Waals surface area (Å²) >= 11 is 13.5. The van der Waals surface area contributed by atoms with E-state index in [1.54, 1.807) is 42.5 Å². The largest absolute Gasteiger partial charge is 0.508 e. The molecule has 60 heavy (non-hydrogen) atoms. The van der Waals surface area contributed by atoms with E-state index >= 15 is 0 Å². The maximum absolute atomic E-state index is 13.7. The summed E-state index contributed by atoms with van der Waals surface area (Å²) in [6.45, 7) is -0.639. The van der Waals surface area contributed by atoms with E-state index in [-0.39, 0.29) is 78.1 Å². The number of carboxylic acids is 1. The van der Waals surface area contributed by atoms with E-state index < -0.39 is 36.2 Å². The van der Waals surface area contributed by atoms with Gasteiger partial charge in [0.15, 0.2) is 11.7 Å². The SMILES string of the molecule is N=c1ccc2c(-c3c(Cl)c(C(=O)NCC(=O)NCc4ccc(-c5c6ccc(=O)cc-6oc6cc(O)ccc56)c(C(O)O)c4)cc(Cl)c3C(=O)O)c3ccc(N)cc3oc-2c1. The smallest absolute Gasteiger partial charge is 0.337 e. The number of benzene rings is 6. The summed E-state index contributed by atoms with van der Waals surface area (Å²) in [5, 5.41) is 55.2. The van der Waals surface area contributed by atoms with Crippen LogP contribution in [-0.2, 0) is 11.3 Å². The van der Waals surface area contributed by atoms with Crippen molar-refractivity contribution in [1.82, 2.24) is 10.6 Å². The summed E-state index contributed by atoms with van der Waals surface area (Å²) in [6, 6.07) is 23.7. The second kappa shape index (κ2) is 15.5. The number of anilines is 1. The highest BCUT2D eigenvalue weighted by atomic mass is 35.5. The first-order valence-corrected chi connectivity index (χ1v) is 18.7. The Balaban J connectivity index is 1.07. The Labute approximate surface area is 347 Å². The number of halogens is 2. The maximum Gasteiger partial charge on any atom is 0.337 e. The Bertz CT molecular complexity index is 3160. The van der Waals surface area contributed by atoms with Crippen LogP contribution in [-0.4, -0.2) is 44.8 Å². The molecule has 0 atom stereocenters. The average Bonchev–Trinajstić information content (AvgIpc) is 3.20. The number of aliphatic hydroxyl groups excluding tert-OH is 1. The molecule has 16 heteroatoms. The average molecular weight is 846 g/mol. The van der Waals surface area contributed by atoms with Gasteiger partial charge in [-0.2, -0.15) is 0 Å². The monoisotopic (exact) mass is 844 g/mol. The number of amides is 2. The van der Waals surface area contributed by atoms with Gasteiger partial charge >= 0.3 is 5.97 Å². The molecule has 4 aromatic carbocycles. The Morgan fingerprint density at radius 2 is 1.42 bits per heavy atom. The number of nitrogen functional groups attached to an aromatic ring is 1. The summed E-state index contributed by atoms with van der Waals surface area (Å²) in [4.78, 5) is 51.6. The second-order valence-electron chi connectivity index (χ2n) is 13.8. The van der Waals surface area contributed by atoms with Crippen LogP contribution in [0.3, 0.4) is 0 Å². The van der Waals surface area contributed by atoms with Gasteiger partial charge in [-0.25, -0.2) is 4.79 Å². The van der Waals surface area contributed by atoms with Crippen molar-refractivity contribution in [2.75, 3.05) is 12.3 Å². The van der Waals surface area contributed by atoms with Crippen molar-refractivity contribution in [2.24, 2.45) is 0 Å². The van der Waals surface area contributed by atoms with E-state index in [1.807, 2.05) is 0 Å². The van der Waals surface area contributed by atoms with Crippen LogP contribution in [0.25, 0.3) is 66.8 Å². The van der Waals surface area contributed by atoms with Crippen molar-refractivity contribution in [1.29, 1.82) is 5.41 Å². The van der Waals surface area contributed by atoms with Crippen LogP contribution < -0.4 is 27.2 Å². The number of aromatic hydroxyl groups is 1. The van der Waals surface area contributed by atoms with Gasteiger partial charge in [-0.3, -0.25) is 14.4 Å². The third-order valence-corrected chi connectivity index (χ3v) is 10.6. The van der Waals surface area contributed by atoms with Gasteiger partial charge < -0.3 is 51.0 Å². The molecule has 9 N–H and O–H groups in total. The lowest BCUT2D eigenvalue weighted by atomic mass is 9.89. The van der Waals surface area contributed by atoms with Crippen molar-refractivity contribution in [3.05, 3.63) is 145 Å². The molecule has 0 unspecified atom stereocenters. The molecule has 8 rings (SSSR count). The van der Waals surface area contributed by atoms with Gasteiger partial charge in [-0.05, 0) is 71.8 Å². The number of carboxylic acid groups (broad SMARTS) is 1. The van der Waals surface area contributed by atoms with Crippen molar-refractivity contribution < 1.29 is 43.6 Å². The lowest BCUT2D eigenvalue weighted by molar-refractivity contribution is -0.120. The molecule has 2 aliphatic carbocycles. The predicted molar refractivity (Wildman–Crippen MR) is 223 cm³/mol. The standard InChI is InChI=1S/C44H30Cl2N4O10/c45-31-16-30(41(46)40(39(31)44(57)58)38-27-7-2-20(47)12-32(27)59-33-13-21(48)3-8-28(33)38)42(54)50-18-36(53)49-17-19-1-6-24(29(11-19)43(55)56)37-25-9-4-22(51)14-34(25)60-35-15-23(52)5-10-26(35)37/h1-16,43,47,51,55-56H,17-18,48H2,(H,49,53)(H,50,54)(H,57,58). The second-order valence-corrected chi connectivity index (χ2v) is 14.6. The molecule has 4 aliphatic rings. The molecule has 0 saturated heterocycles. The number of hydrogen-bond donors (Lipinski definition) is 8. The van der Waals surface area contributed by atoms with Crippen molar-refractivity contribution in [2.45, 2.75) is 12.8 Å². The molecule has 0 aromatic heterocycles. The van der Waals surface area contributed by atoms with Gasteiger partial charge in [0.1, 0.15) is 28.4 Å². The van der Waals surface area contributed by atoms with Crippen molar-refractivity contribution in [3.8, 4) is 50.7 Å². The number of phenols is 1. The molecule has 0 bridgehead atoms. The van der Waals surface area contributed by atoms with E-state index in [9.17, 15) is 39.6 Å². The highest BCUT2D eigenvalue weighted by Crippen LogP contribution is 2.47. The van der Waals surface area contributed by atoms with Gasteiger partial charge in [0.05, 0.1) is 33.1 Å². The molecular weight excluding hydrogens is 815 g/mol. The van der Waals surface area contributed by atoms with Gasteiger partial charge in [0.25, 0.3) is 5.91 Å². The summed E-state index contributed by atoms with van der Waals surface area (Å²) < 4.78 is 11.9. The molecule has 2 aliphatic heterocycles. The number of aliphatic hydroxyl groups is 2. The lowest BCUT2D eigenvalue weighted by Crippen LogP contribution is -2.36. The number of nitrogens with one attached hydrogen (secondary N) is 3. The molecule has 0 fully saturated rings. The Hall–Kier alpha value is -7.23. The molecular formula is C44H30Cl2N4O10. The summed E-state index contributed by atoms with van der Waals surface area (Å²) in [5.41, 5.74) is 8.46. The quantitative estimate of drug-likeness (QED) is 0.0422.